The van der Waals surface area contributed by atoms with E-state index in [9.17, 15) is 9.59 Å². The minimum Gasteiger partial charge on any atom is -0.462 e. The van der Waals surface area contributed by atoms with Crippen molar-refractivity contribution in [1.82, 2.24) is 14.8 Å². The maximum absolute atomic E-state index is 13.1. The van der Waals surface area contributed by atoms with Crippen molar-refractivity contribution in [2.45, 2.75) is 71.9 Å². The van der Waals surface area contributed by atoms with Crippen LogP contribution < -0.4 is 10.6 Å². The molecule has 3 aromatic heterocycles. The van der Waals surface area contributed by atoms with Crippen molar-refractivity contribution >= 4 is 39.7 Å². The highest BCUT2D eigenvalue weighted by Gasteiger charge is 2.28. The van der Waals surface area contributed by atoms with Gasteiger partial charge in [-0.15, -0.1) is 22.7 Å². The average molecular weight is 541 g/mol. The summed E-state index contributed by atoms with van der Waals surface area (Å²) in [5, 5.41) is 7.88. The van der Waals surface area contributed by atoms with Crippen LogP contribution in [0.1, 0.15) is 76.3 Å². The molecule has 0 spiro atoms. The van der Waals surface area contributed by atoms with Crippen LogP contribution in [0.2, 0.25) is 0 Å². The first-order valence-electron chi connectivity index (χ1n) is 13.4. The van der Waals surface area contributed by atoms with Crippen molar-refractivity contribution in [2.24, 2.45) is 0 Å². The molecule has 0 saturated carbocycles. The summed E-state index contributed by atoms with van der Waals surface area (Å²) in [5.41, 5.74) is 4.18. The van der Waals surface area contributed by atoms with Crippen LogP contribution in [0.4, 0.5) is 9.80 Å². The largest absolute Gasteiger partial charge is 0.462 e. The molecule has 0 radical (unpaired) electrons. The fraction of sp³-hybridized carbons (Fsp3) is 0.500. The van der Waals surface area contributed by atoms with Crippen LogP contribution in [0, 0.1) is 0 Å². The summed E-state index contributed by atoms with van der Waals surface area (Å²) < 4.78 is 7.71. The maximum Gasteiger partial charge on any atom is 0.341 e. The number of amides is 2. The van der Waals surface area contributed by atoms with Gasteiger partial charge in [0, 0.05) is 47.3 Å². The Labute approximate surface area is 226 Å². The number of urea groups is 1. The van der Waals surface area contributed by atoms with Crippen LogP contribution in [-0.2, 0) is 37.1 Å². The first kappa shape index (κ1) is 26.0. The normalized spacial score (nSPS) is 15.2. The van der Waals surface area contributed by atoms with Gasteiger partial charge in [-0.3, -0.25) is 10.2 Å². The second kappa shape index (κ2) is 11.8. The lowest BCUT2D eigenvalue weighted by Crippen LogP contribution is -2.31. The number of unbranched alkanes of at least 4 members (excludes halogenated alkanes) is 1. The van der Waals surface area contributed by atoms with Crippen molar-refractivity contribution in [2.75, 3.05) is 25.0 Å². The minimum absolute atomic E-state index is 0.286. The van der Waals surface area contributed by atoms with E-state index in [1.54, 1.807) is 0 Å². The van der Waals surface area contributed by atoms with Gasteiger partial charge in [0.2, 0.25) is 0 Å². The van der Waals surface area contributed by atoms with Crippen LogP contribution in [0.15, 0.2) is 24.5 Å². The van der Waals surface area contributed by atoms with E-state index in [1.165, 1.54) is 37.2 Å². The van der Waals surface area contributed by atoms with E-state index in [2.05, 4.69) is 46.3 Å². The van der Waals surface area contributed by atoms with E-state index in [1.807, 2.05) is 23.5 Å². The maximum atomic E-state index is 13.1. The third-order valence-corrected chi connectivity index (χ3v) is 9.75. The van der Waals surface area contributed by atoms with Crippen LogP contribution >= 0.6 is 22.7 Å². The van der Waals surface area contributed by atoms with Crippen molar-refractivity contribution in [1.29, 1.82) is 0 Å². The molecule has 2 N–H and O–H groups in total. The molecule has 3 aromatic rings. The molecule has 2 aliphatic rings. The van der Waals surface area contributed by atoms with E-state index < -0.39 is 0 Å². The van der Waals surface area contributed by atoms with Gasteiger partial charge in [-0.25, -0.2) is 9.59 Å². The molecule has 0 atom stereocenters. The third-order valence-electron chi connectivity index (χ3n) is 7.27. The monoisotopic (exact) mass is 540 g/mol. The number of rotatable bonds is 9. The molecule has 2 amide bonds. The van der Waals surface area contributed by atoms with Gasteiger partial charge in [-0.05, 0) is 68.3 Å². The summed E-state index contributed by atoms with van der Waals surface area (Å²) >= 11 is 3.35. The summed E-state index contributed by atoms with van der Waals surface area (Å²) in [7, 11) is 0. The summed E-state index contributed by atoms with van der Waals surface area (Å²) in [6, 6.07) is 3.77. The highest BCUT2D eigenvalue weighted by Crippen LogP contribution is 2.39. The van der Waals surface area contributed by atoms with Crippen LogP contribution in [0.3, 0.4) is 0 Å². The Bertz CT molecular complexity index is 1240. The lowest BCUT2D eigenvalue weighted by Gasteiger charge is -2.25. The zero-order valence-corrected chi connectivity index (χ0v) is 23.4. The van der Waals surface area contributed by atoms with Crippen LogP contribution in [0.25, 0.3) is 5.00 Å². The standard InChI is InChI=1S/C28H36N4O3S2/c1-3-5-16-35-27(33)24-20-10-6-7-11-22(20)36-25(24)30-28(34)29-17-21-19-12-15-31(4-2)18-23(19)37-26(21)32-13-8-9-14-32/h8-9,13-14H,3-7,10-12,15-18H2,1-2H3,(H2,29,30,34). The number of aryl methyl sites for hydroxylation is 1. The van der Waals surface area contributed by atoms with Gasteiger partial charge in [0.05, 0.1) is 12.2 Å². The van der Waals surface area contributed by atoms with Gasteiger partial charge in [-0.1, -0.05) is 20.3 Å². The van der Waals surface area contributed by atoms with Crippen molar-refractivity contribution in [3.63, 3.8) is 0 Å². The van der Waals surface area contributed by atoms with E-state index in [4.69, 9.17) is 4.74 Å². The van der Waals surface area contributed by atoms with Gasteiger partial charge in [0.25, 0.3) is 0 Å². The molecule has 1 aliphatic carbocycles. The number of esters is 1. The van der Waals surface area contributed by atoms with Gasteiger partial charge in [-0.2, -0.15) is 0 Å². The van der Waals surface area contributed by atoms with Crippen molar-refractivity contribution in [3.8, 4) is 5.00 Å². The Morgan fingerprint density at radius 2 is 1.84 bits per heavy atom. The predicted octanol–water partition coefficient (Wildman–Crippen LogP) is 6.14. The molecule has 0 unspecified atom stereocenters. The number of hydrogen-bond acceptors (Lipinski definition) is 6. The Balaban J connectivity index is 1.33. The fourth-order valence-corrected chi connectivity index (χ4v) is 7.85. The first-order valence-corrected chi connectivity index (χ1v) is 15.1. The summed E-state index contributed by atoms with van der Waals surface area (Å²) in [5.74, 6) is -0.314. The molecule has 7 nitrogen and oxygen atoms in total. The molecular weight excluding hydrogens is 504 g/mol. The van der Waals surface area contributed by atoms with E-state index in [-0.39, 0.29) is 12.0 Å². The SMILES string of the molecule is CCCCOC(=O)c1c(NC(=O)NCc2c(-n3cccc3)sc3c2CCN(CC)C3)sc2c1CCCC2. The molecule has 198 valence electrons. The molecule has 5 rings (SSSR count). The number of fused-ring (bicyclic) bond motifs is 2. The molecule has 9 heteroatoms. The van der Waals surface area contributed by atoms with E-state index >= 15 is 0 Å². The Kier molecular flexibility index (Phi) is 8.32. The first-order chi connectivity index (χ1) is 18.1. The number of nitrogens with one attached hydrogen (secondary N) is 2. The quantitative estimate of drug-likeness (QED) is 0.253. The number of nitrogens with zero attached hydrogens (tertiary/aromatic N) is 2. The molecule has 0 fully saturated rings. The zero-order chi connectivity index (χ0) is 25.8. The minimum atomic E-state index is -0.314. The van der Waals surface area contributed by atoms with Gasteiger partial charge >= 0.3 is 12.0 Å². The lowest BCUT2D eigenvalue weighted by atomic mass is 9.95. The molecule has 0 aromatic carbocycles. The summed E-state index contributed by atoms with van der Waals surface area (Å²) in [4.78, 5) is 31.2. The number of carbonyl (C=O) groups excluding carboxylic acids is 2. The number of hydrogen-bond donors (Lipinski definition) is 2. The van der Waals surface area contributed by atoms with Gasteiger partial charge in [0.1, 0.15) is 10.0 Å². The smallest absolute Gasteiger partial charge is 0.341 e. The number of likely N-dealkylation sites (N-methyl/N-ethyl adjacent to an activating group) is 1. The predicted molar refractivity (Wildman–Crippen MR) is 150 cm³/mol. The van der Waals surface area contributed by atoms with Crippen molar-refractivity contribution in [3.05, 3.63) is 56.5 Å². The van der Waals surface area contributed by atoms with Gasteiger partial charge in [0.15, 0.2) is 0 Å². The van der Waals surface area contributed by atoms with E-state index in [0.717, 1.165) is 70.1 Å². The molecule has 37 heavy (non-hydrogen) atoms. The van der Waals surface area contributed by atoms with Gasteiger partial charge < -0.3 is 14.6 Å². The lowest BCUT2D eigenvalue weighted by molar-refractivity contribution is 0.0500. The number of anilines is 1. The number of aromatic nitrogens is 1. The van der Waals surface area contributed by atoms with Crippen LogP contribution in [-0.4, -0.2) is 41.2 Å². The summed E-state index contributed by atoms with van der Waals surface area (Å²) in [6.45, 7) is 8.17. The van der Waals surface area contributed by atoms with Crippen molar-refractivity contribution < 1.29 is 14.3 Å². The van der Waals surface area contributed by atoms with Crippen LogP contribution in [0.5, 0.6) is 0 Å². The molecule has 0 saturated heterocycles. The Morgan fingerprint density at radius 3 is 2.62 bits per heavy atom. The second-order valence-electron chi connectivity index (χ2n) is 9.71. The molecule has 1 aliphatic heterocycles. The second-order valence-corrected chi connectivity index (χ2v) is 11.9. The highest BCUT2D eigenvalue weighted by atomic mass is 32.1. The number of carbonyl (C=O) groups is 2. The molecule has 0 bridgehead atoms. The average Bonchev–Trinajstić information content (AvgIpc) is 3.64. The number of ether oxygens (including phenoxy) is 1. The highest BCUT2D eigenvalue weighted by molar-refractivity contribution is 7.17. The third kappa shape index (κ3) is 5.63. The molecule has 4 heterocycles. The zero-order valence-electron chi connectivity index (χ0n) is 21.7. The Morgan fingerprint density at radius 1 is 1.03 bits per heavy atom. The molecular formula is C28H36N4O3S2. The summed E-state index contributed by atoms with van der Waals surface area (Å²) in [6.07, 6.45) is 10.9. The fourth-order valence-electron chi connectivity index (χ4n) is 5.21. The topological polar surface area (TPSA) is 75.6 Å². The Hall–Kier alpha value is -2.62. The van der Waals surface area contributed by atoms with E-state index in [0.29, 0.717) is 23.7 Å². The number of thiophene rings is 2.